The number of anilines is 1. The molecule has 0 bridgehead atoms. The monoisotopic (exact) mass is 430 g/mol. The van der Waals surface area contributed by atoms with Crippen LogP contribution in [0.3, 0.4) is 0 Å². The molecule has 1 aliphatic rings. The number of benzene rings is 2. The van der Waals surface area contributed by atoms with Crippen LogP contribution in [0.1, 0.15) is 0 Å². The van der Waals surface area contributed by atoms with Gasteiger partial charge in [-0.2, -0.15) is 0 Å². The summed E-state index contributed by atoms with van der Waals surface area (Å²) in [6, 6.07) is 13.9. The molecule has 0 unspecified atom stereocenters. The molecule has 1 amide bonds. The minimum atomic E-state index is -0.415. The molecule has 30 heavy (non-hydrogen) atoms. The van der Waals surface area contributed by atoms with Gasteiger partial charge in [0.1, 0.15) is 17.2 Å². The molecule has 1 fully saturated rings. The summed E-state index contributed by atoms with van der Waals surface area (Å²) in [6.07, 6.45) is 0. The molecule has 1 N–H and O–H groups in total. The molecule has 3 rings (SSSR count). The fourth-order valence-electron chi connectivity index (χ4n) is 3.09. The summed E-state index contributed by atoms with van der Waals surface area (Å²) in [6.45, 7) is 1.99. The van der Waals surface area contributed by atoms with Gasteiger partial charge in [-0.15, -0.1) is 0 Å². The molecular formula is C20H22N4O5S. The molecule has 0 atom stereocenters. The molecule has 0 radical (unpaired) electrons. The molecule has 2 aromatic carbocycles. The van der Waals surface area contributed by atoms with E-state index in [1.165, 1.54) is 13.2 Å². The molecule has 158 valence electrons. The maximum Gasteiger partial charge on any atom is 0.296 e. The molecule has 9 nitrogen and oxygen atoms in total. The number of nitro benzene ring substituents is 1. The second-order valence-electron chi connectivity index (χ2n) is 6.54. The fraction of sp³-hybridized carbons (Fsp3) is 0.300. The normalized spacial score (nSPS) is 13.5. The minimum Gasteiger partial charge on any atom is -0.496 e. The highest BCUT2D eigenvalue weighted by Gasteiger charge is 2.25. The van der Waals surface area contributed by atoms with Crippen LogP contribution in [0.2, 0.25) is 0 Å². The highest BCUT2D eigenvalue weighted by molar-refractivity contribution is 7.80. The molecule has 10 heteroatoms. The van der Waals surface area contributed by atoms with E-state index in [-0.39, 0.29) is 18.2 Å². The number of piperazine rings is 1. The lowest BCUT2D eigenvalue weighted by molar-refractivity contribution is -0.384. The number of para-hydroxylation sites is 1. The van der Waals surface area contributed by atoms with Crippen LogP contribution in [0.4, 0.5) is 11.4 Å². The van der Waals surface area contributed by atoms with Gasteiger partial charge in [-0.25, -0.2) is 0 Å². The number of hydrogen-bond donors (Lipinski definition) is 1. The number of carbonyl (C=O) groups excluding carboxylic acids is 1. The Morgan fingerprint density at radius 2 is 1.83 bits per heavy atom. The Kier molecular flexibility index (Phi) is 7.02. The Morgan fingerprint density at radius 3 is 2.47 bits per heavy atom. The Hall–Kier alpha value is -3.40. The van der Waals surface area contributed by atoms with Crippen molar-refractivity contribution in [3.05, 3.63) is 58.6 Å². The number of nitrogens with one attached hydrogen (secondary N) is 1. The number of nitrogens with zero attached hydrogens (tertiary/aromatic N) is 3. The van der Waals surface area contributed by atoms with Gasteiger partial charge in [0.15, 0.2) is 11.7 Å². The van der Waals surface area contributed by atoms with Gasteiger partial charge in [0, 0.05) is 26.2 Å². The van der Waals surface area contributed by atoms with Crippen molar-refractivity contribution < 1.29 is 19.2 Å². The summed E-state index contributed by atoms with van der Waals surface area (Å²) in [5.74, 6) is 0.705. The van der Waals surface area contributed by atoms with Gasteiger partial charge in [0.25, 0.3) is 11.6 Å². The summed E-state index contributed by atoms with van der Waals surface area (Å²) in [5.41, 5.74) is 0.531. The van der Waals surface area contributed by atoms with Crippen LogP contribution in [0.5, 0.6) is 11.5 Å². The van der Waals surface area contributed by atoms with E-state index in [1.807, 2.05) is 28.0 Å². The highest BCUT2D eigenvalue weighted by Crippen LogP contribution is 2.32. The van der Waals surface area contributed by atoms with Gasteiger partial charge in [0.2, 0.25) is 0 Å². The van der Waals surface area contributed by atoms with Crippen molar-refractivity contribution in [2.45, 2.75) is 0 Å². The molecule has 1 aliphatic heterocycles. The standard InChI is InChI=1S/C20H22N4O5S/c1-28-16-7-8-17(18(13-16)24(26)27)22-9-11-23(12-10-22)20(30)21-19(25)14-29-15-5-3-2-4-6-15/h2-8,13H,9-12,14H2,1H3,(H,21,25,30). The number of rotatable bonds is 6. The van der Waals surface area contributed by atoms with Gasteiger partial charge in [-0.1, -0.05) is 18.2 Å². The van der Waals surface area contributed by atoms with E-state index in [4.69, 9.17) is 21.7 Å². The summed E-state index contributed by atoms with van der Waals surface area (Å²) < 4.78 is 10.5. The molecule has 0 aromatic heterocycles. The summed E-state index contributed by atoms with van der Waals surface area (Å²) in [7, 11) is 1.47. The van der Waals surface area contributed by atoms with Crippen LogP contribution in [0.15, 0.2) is 48.5 Å². The zero-order valence-electron chi connectivity index (χ0n) is 16.4. The van der Waals surface area contributed by atoms with Crippen LogP contribution < -0.4 is 19.7 Å². The lowest BCUT2D eigenvalue weighted by Gasteiger charge is -2.37. The molecule has 2 aromatic rings. The Bertz CT molecular complexity index is 917. The molecule has 1 saturated heterocycles. The van der Waals surface area contributed by atoms with Crippen LogP contribution in [-0.2, 0) is 4.79 Å². The van der Waals surface area contributed by atoms with Crippen LogP contribution >= 0.6 is 12.2 Å². The van der Waals surface area contributed by atoms with Crippen molar-refractivity contribution in [2.75, 3.05) is 44.8 Å². The number of methoxy groups -OCH3 is 1. The predicted octanol–water partition coefficient (Wildman–Crippen LogP) is 2.21. The number of thiocarbonyl (C=S) groups is 1. The van der Waals surface area contributed by atoms with Gasteiger partial charge < -0.3 is 24.6 Å². The summed E-state index contributed by atoms with van der Waals surface area (Å²) in [5, 5.41) is 14.4. The second kappa shape index (κ2) is 9.88. The molecule has 0 saturated carbocycles. The predicted molar refractivity (Wildman–Crippen MR) is 116 cm³/mol. The van der Waals surface area contributed by atoms with E-state index in [0.717, 1.165) is 0 Å². The van der Waals surface area contributed by atoms with E-state index in [1.54, 1.807) is 24.3 Å². The maximum absolute atomic E-state index is 12.1. The first-order chi connectivity index (χ1) is 14.5. The number of amides is 1. The first-order valence-electron chi connectivity index (χ1n) is 9.32. The van der Waals surface area contributed by atoms with E-state index in [2.05, 4.69) is 5.32 Å². The Morgan fingerprint density at radius 1 is 1.13 bits per heavy atom. The number of ether oxygens (including phenoxy) is 2. The van der Waals surface area contributed by atoms with Crippen molar-refractivity contribution in [3.8, 4) is 11.5 Å². The van der Waals surface area contributed by atoms with E-state index in [0.29, 0.717) is 48.5 Å². The third kappa shape index (κ3) is 5.35. The van der Waals surface area contributed by atoms with Crippen LogP contribution in [-0.4, -0.2) is 60.7 Å². The lowest BCUT2D eigenvalue weighted by Crippen LogP contribution is -2.53. The molecule has 0 aliphatic carbocycles. The quantitative estimate of drug-likeness (QED) is 0.423. The van der Waals surface area contributed by atoms with Gasteiger partial charge in [0.05, 0.1) is 18.1 Å². The van der Waals surface area contributed by atoms with Crippen molar-refractivity contribution in [1.82, 2.24) is 10.2 Å². The van der Waals surface area contributed by atoms with E-state index in [9.17, 15) is 14.9 Å². The number of carbonyl (C=O) groups is 1. The van der Waals surface area contributed by atoms with Gasteiger partial charge >= 0.3 is 0 Å². The van der Waals surface area contributed by atoms with Crippen LogP contribution in [0, 0.1) is 10.1 Å². The van der Waals surface area contributed by atoms with Crippen molar-refractivity contribution >= 4 is 34.6 Å². The molecular weight excluding hydrogens is 408 g/mol. The van der Waals surface area contributed by atoms with Crippen LogP contribution in [0.25, 0.3) is 0 Å². The largest absolute Gasteiger partial charge is 0.496 e. The second-order valence-corrected chi connectivity index (χ2v) is 6.93. The average molecular weight is 430 g/mol. The summed E-state index contributed by atoms with van der Waals surface area (Å²) >= 11 is 5.33. The van der Waals surface area contributed by atoms with E-state index >= 15 is 0 Å². The third-order valence-corrected chi connectivity index (χ3v) is 5.01. The molecule has 1 heterocycles. The Labute approximate surface area is 179 Å². The van der Waals surface area contributed by atoms with Gasteiger partial charge in [-0.3, -0.25) is 14.9 Å². The number of nitro groups is 1. The lowest BCUT2D eigenvalue weighted by atomic mass is 10.2. The average Bonchev–Trinajstić information content (AvgIpc) is 2.78. The highest BCUT2D eigenvalue weighted by atomic mass is 32.1. The fourth-order valence-corrected chi connectivity index (χ4v) is 3.39. The van der Waals surface area contributed by atoms with Crippen molar-refractivity contribution in [1.29, 1.82) is 0 Å². The smallest absolute Gasteiger partial charge is 0.296 e. The zero-order valence-corrected chi connectivity index (χ0v) is 17.3. The molecule has 0 spiro atoms. The SMILES string of the molecule is COc1ccc(N2CCN(C(=S)NC(=O)COc3ccccc3)CC2)c([N+](=O)[O-])c1. The van der Waals surface area contributed by atoms with Crippen molar-refractivity contribution in [3.63, 3.8) is 0 Å². The summed E-state index contributed by atoms with van der Waals surface area (Å²) in [4.78, 5) is 26.9. The topological polar surface area (TPSA) is 97.2 Å². The van der Waals surface area contributed by atoms with E-state index < -0.39 is 4.92 Å². The maximum atomic E-state index is 12.1. The Balaban J connectivity index is 1.52. The minimum absolute atomic E-state index is 0.00302. The zero-order chi connectivity index (χ0) is 21.5. The van der Waals surface area contributed by atoms with Gasteiger partial charge in [-0.05, 0) is 36.5 Å². The first-order valence-corrected chi connectivity index (χ1v) is 9.72. The first kappa shape index (κ1) is 21.3. The number of hydrogen-bond acceptors (Lipinski definition) is 7. The third-order valence-electron chi connectivity index (χ3n) is 4.65. The van der Waals surface area contributed by atoms with Crippen molar-refractivity contribution in [2.24, 2.45) is 0 Å².